The van der Waals surface area contributed by atoms with E-state index < -0.39 is 0 Å². The SMILES string of the molecule is CC(C)(C)[C-]=O.[S]=[V]. The van der Waals surface area contributed by atoms with Gasteiger partial charge in [0.15, 0.2) is 0 Å². The molecule has 0 N–H and O–H groups in total. The molecule has 0 aliphatic heterocycles. The molecule has 0 amide bonds. The van der Waals surface area contributed by atoms with Crippen LogP contribution in [0.2, 0.25) is 0 Å². The van der Waals surface area contributed by atoms with Crippen LogP contribution < -0.4 is 0 Å². The first-order valence-electron chi connectivity index (χ1n) is 2.14. The molecule has 3 heteroatoms. The van der Waals surface area contributed by atoms with Crippen LogP contribution in [0.25, 0.3) is 0 Å². The summed E-state index contributed by atoms with van der Waals surface area (Å²) in [4.78, 5) is 9.70. The Hall–Kier alpha value is 0.474. The van der Waals surface area contributed by atoms with E-state index in [4.69, 9.17) is 0 Å². The van der Waals surface area contributed by atoms with E-state index in [1.807, 2.05) is 42.8 Å². The second kappa shape index (κ2) is 5.61. The van der Waals surface area contributed by atoms with Gasteiger partial charge in [0.2, 0.25) is 0 Å². The third-order valence-corrected chi connectivity index (χ3v) is 0.306. The van der Waals surface area contributed by atoms with Crippen LogP contribution in [0.5, 0.6) is 0 Å². The van der Waals surface area contributed by atoms with Crippen molar-refractivity contribution < 1.29 is 20.5 Å². The molecule has 0 aromatic rings. The summed E-state index contributed by atoms with van der Waals surface area (Å²) in [6.45, 7) is 5.46. The quantitative estimate of drug-likeness (QED) is 0.513. The van der Waals surface area contributed by atoms with E-state index in [0.29, 0.717) is 0 Å². The molecule has 0 unspecified atom stereocenters. The van der Waals surface area contributed by atoms with Crippen LogP contribution in [0, 0.1) is 5.41 Å². The van der Waals surface area contributed by atoms with Gasteiger partial charge in [0.25, 0.3) is 0 Å². The van der Waals surface area contributed by atoms with Gasteiger partial charge in [-0.15, -0.1) is 5.41 Å². The molecule has 0 rings (SSSR count). The van der Waals surface area contributed by atoms with Crippen LogP contribution in [-0.2, 0) is 20.5 Å². The molecular weight excluding hydrogens is 159 g/mol. The van der Waals surface area contributed by atoms with Gasteiger partial charge in [0, 0.05) is 0 Å². The first-order valence-corrected chi connectivity index (χ1v) is 4.21. The number of hydrogen-bond acceptors (Lipinski definition) is 2. The molecule has 0 saturated heterocycles. The topological polar surface area (TPSA) is 17.1 Å². The standard InChI is InChI=1S/C5H9O.S.V/c1-5(2,3)4-6;;/h1-3H3;;/q-1;;. The maximum absolute atomic E-state index is 9.70. The van der Waals surface area contributed by atoms with Crippen LogP contribution in [0.15, 0.2) is 0 Å². The summed E-state index contributed by atoms with van der Waals surface area (Å²) < 4.78 is 0. The van der Waals surface area contributed by atoms with Crippen molar-refractivity contribution in [3.63, 3.8) is 0 Å². The first-order chi connectivity index (χ1) is 3.56. The Bertz CT molecular complexity index is 67.3. The van der Waals surface area contributed by atoms with Crippen molar-refractivity contribution >= 4 is 16.6 Å². The Morgan fingerprint density at radius 3 is 1.50 bits per heavy atom. The number of hydrogen-bond donors (Lipinski definition) is 0. The average molecular weight is 168 g/mol. The van der Waals surface area contributed by atoms with Crippen molar-refractivity contribution in [1.82, 2.24) is 0 Å². The van der Waals surface area contributed by atoms with Gasteiger partial charge in [0.1, 0.15) is 0 Å². The van der Waals surface area contributed by atoms with Crippen molar-refractivity contribution in [3.05, 3.63) is 0 Å². The fourth-order valence-corrected chi connectivity index (χ4v) is 0. The normalized spacial score (nSPS) is 8.75. The van der Waals surface area contributed by atoms with E-state index in [-0.39, 0.29) is 5.41 Å². The molecule has 0 spiro atoms. The molecule has 0 bridgehead atoms. The van der Waals surface area contributed by atoms with Crippen LogP contribution in [-0.4, -0.2) is 6.29 Å². The second-order valence-corrected chi connectivity index (χ2v) is 2.35. The molecule has 0 atom stereocenters. The molecule has 0 fully saturated rings. The summed E-state index contributed by atoms with van der Waals surface area (Å²) in [5.41, 5.74) is -0.264. The van der Waals surface area contributed by atoms with Crippen LogP contribution >= 0.6 is 10.3 Å². The van der Waals surface area contributed by atoms with Crippen molar-refractivity contribution in [2.75, 3.05) is 0 Å². The van der Waals surface area contributed by atoms with Gasteiger partial charge in [-0.1, -0.05) is 20.8 Å². The van der Waals surface area contributed by atoms with Crippen LogP contribution in [0.4, 0.5) is 0 Å². The minimum atomic E-state index is -0.264. The maximum atomic E-state index is 9.70. The summed E-state index contributed by atoms with van der Waals surface area (Å²) in [6, 6.07) is 0. The molecular formula is C5H9OSV-. The molecule has 0 heterocycles. The van der Waals surface area contributed by atoms with Crippen molar-refractivity contribution in [2.45, 2.75) is 20.8 Å². The molecule has 0 radical (unpaired) electrons. The molecule has 0 saturated carbocycles. The number of carbonyl (C=O) groups excluding carboxylic acids is 1. The van der Waals surface area contributed by atoms with Crippen LogP contribution in [0.1, 0.15) is 20.8 Å². The summed E-state index contributed by atoms with van der Waals surface area (Å²) in [5, 5.41) is 0. The Morgan fingerprint density at radius 2 is 1.50 bits per heavy atom. The van der Waals surface area contributed by atoms with E-state index in [0.717, 1.165) is 0 Å². The van der Waals surface area contributed by atoms with E-state index in [1.165, 1.54) is 0 Å². The third-order valence-electron chi connectivity index (χ3n) is 0.306. The van der Waals surface area contributed by atoms with Gasteiger partial charge in [-0.2, -0.15) is 0 Å². The molecule has 1 nitrogen and oxygen atoms in total. The van der Waals surface area contributed by atoms with E-state index in [1.54, 1.807) is 0 Å². The molecule has 0 aliphatic carbocycles. The Balaban J connectivity index is 0. The van der Waals surface area contributed by atoms with Crippen molar-refractivity contribution in [3.8, 4) is 0 Å². The van der Waals surface area contributed by atoms with Crippen molar-refractivity contribution in [2.24, 2.45) is 5.41 Å². The fraction of sp³-hybridized carbons (Fsp3) is 0.800. The molecule has 0 aliphatic rings. The summed E-state index contributed by atoms with van der Waals surface area (Å²) in [5.74, 6) is 0. The molecule has 0 aromatic carbocycles. The summed E-state index contributed by atoms with van der Waals surface area (Å²) in [6.07, 6.45) is 1.85. The van der Waals surface area contributed by atoms with E-state index in [9.17, 15) is 4.79 Å². The van der Waals surface area contributed by atoms with Gasteiger partial charge in [-0.25, -0.2) is 0 Å². The summed E-state index contributed by atoms with van der Waals surface area (Å²) in [7, 11) is 4.02. The van der Waals surface area contributed by atoms with Gasteiger partial charge < -0.3 is 4.79 Å². The summed E-state index contributed by atoms with van der Waals surface area (Å²) >= 11 is 1.90. The Labute approximate surface area is 63.5 Å². The molecule has 47 valence electrons. The Kier molecular flexibility index (Phi) is 7.92. The molecule has 8 heavy (non-hydrogen) atoms. The zero-order chi connectivity index (χ0) is 7.21. The first kappa shape index (κ1) is 11.3. The Morgan fingerprint density at radius 1 is 1.38 bits per heavy atom. The monoisotopic (exact) mass is 168 g/mol. The van der Waals surface area contributed by atoms with Gasteiger partial charge in [0.05, 0.1) is 0 Å². The van der Waals surface area contributed by atoms with Gasteiger partial charge >= 0.3 is 26.0 Å². The fourth-order valence-electron chi connectivity index (χ4n) is 0. The van der Waals surface area contributed by atoms with E-state index in [2.05, 4.69) is 10.3 Å². The zero-order valence-corrected chi connectivity index (χ0v) is 7.48. The van der Waals surface area contributed by atoms with E-state index >= 15 is 0 Å². The van der Waals surface area contributed by atoms with Gasteiger partial charge in [-0.3, -0.25) is 6.29 Å². The number of rotatable bonds is 0. The zero-order valence-electron chi connectivity index (χ0n) is 5.26. The van der Waals surface area contributed by atoms with Crippen molar-refractivity contribution in [1.29, 1.82) is 0 Å². The molecule has 0 aromatic heterocycles. The van der Waals surface area contributed by atoms with Crippen LogP contribution in [0.3, 0.4) is 0 Å². The predicted molar refractivity (Wildman–Crippen MR) is 32.7 cm³/mol. The second-order valence-electron chi connectivity index (χ2n) is 2.35. The predicted octanol–water partition coefficient (Wildman–Crippen LogP) is 1.79. The minimum absolute atomic E-state index is 0.264. The third kappa shape index (κ3) is 16.1. The average Bonchev–Trinajstić information content (AvgIpc) is 1.71. The van der Waals surface area contributed by atoms with Gasteiger partial charge in [-0.05, 0) is 0 Å².